The van der Waals surface area contributed by atoms with Crippen LogP contribution in [0.3, 0.4) is 0 Å². The second-order valence-corrected chi connectivity index (χ2v) is 21.2. The number of nitrogens with one attached hydrogen (secondary N) is 4. The summed E-state index contributed by atoms with van der Waals surface area (Å²) < 4.78 is 21.4. The number of rotatable bonds is 27. The van der Waals surface area contributed by atoms with Gasteiger partial charge in [-0.2, -0.15) is 0 Å². The number of hydrogen-bond acceptors (Lipinski definition) is 14. The minimum atomic E-state index is -1.23. The third-order valence-electron chi connectivity index (χ3n) is 12.9. The molecule has 3 aromatic carbocycles. The first-order valence-corrected chi connectivity index (χ1v) is 29.4. The van der Waals surface area contributed by atoms with E-state index in [2.05, 4.69) is 95.0 Å². The molecule has 0 radical (unpaired) electrons. The number of alkyl carbamates (subject to hydrolysis) is 1. The van der Waals surface area contributed by atoms with Crippen LogP contribution < -0.4 is 32.7 Å². The van der Waals surface area contributed by atoms with Crippen LogP contribution in [0.25, 0.3) is 0 Å². The van der Waals surface area contributed by atoms with Crippen molar-refractivity contribution in [2.45, 2.75) is 122 Å². The van der Waals surface area contributed by atoms with Crippen molar-refractivity contribution in [1.82, 2.24) is 21.3 Å². The minimum absolute atomic E-state index is 0.0182. The molecule has 0 saturated heterocycles. The van der Waals surface area contributed by atoms with Crippen molar-refractivity contribution in [2.75, 3.05) is 39.3 Å². The van der Waals surface area contributed by atoms with Crippen LogP contribution in [0.15, 0.2) is 199 Å². The number of carbonyl (C=O) groups is 8. The number of amides is 4. The van der Waals surface area contributed by atoms with Gasteiger partial charge in [0.15, 0.2) is 28.3 Å². The topological polar surface area (TPSA) is 294 Å². The van der Waals surface area contributed by atoms with Gasteiger partial charge in [0.1, 0.15) is 5.60 Å². The maximum Gasteiger partial charge on any atom is 0.407 e. The van der Waals surface area contributed by atoms with Crippen molar-refractivity contribution in [3.05, 3.63) is 216 Å². The Bertz CT molecular complexity index is 3050. The van der Waals surface area contributed by atoms with Crippen LogP contribution in [0.1, 0.15) is 117 Å². The molecular formula is C69H88N6O13. The summed E-state index contributed by atoms with van der Waals surface area (Å²) in [5.41, 5.74) is 8.55. The number of carboxylic acid groups (broad SMARTS) is 1. The molecule has 19 nitrogen and oxygen atoms in total. The molecule has 472 valence electrons. The summed E-state index contributed by atoms with van der Waals surface area (Å²) in [5, 5.41) is 19.3. The molecule has 3 aliphatic rings. The van der Waals surface area contributed by atoms with E-state index < -0.39 is 46.3 Å². The summed E-state index contributed by atoms with van der Waals surface area (Å²) in [4.78, 5) is 94.1. The molecular weight excluding hydrogens is 1120 g/mol. The van der Waals surface area contributed by atoms with Crippen LogP contribution in [-0.4, -0.2) is 97.1 Å². The van der Waals surface area contributed by atoms with E-state index in [1.165, 1.54) is 12.2 Å². The molecule has 3 aliphatic heterocycles. The smallest absolute Gasteiger partial charge is 0.407 e. The van der Waals surface area contributed by atoms with Crippen molar-refractivity contribution in [3.63, 3.8) is 0 Å². The van der Waals surface area contributed by atoms with E-state index in [9.17, 15) is 38.4 Å². The molecule has 3 atom stereocenters. The summed E-state index contributed by atoms with van der Waals surface area (Å²) in [6, 6.07) is 27.0. The average molecular weight is 1210 g/mol. The Morgan fingerprint density at radius 1 is 0.489 bits per heavy atom. The summed E-state index contributed by atoms with van der Waals surface area (Å²) in [7, 11) is 0. The van der Waals surface area contributed by atoms with E-state index in [0.717, 1.165) is 50.2 Å². The Morgan fingerprint density at radius 2 is 0.818 bits per heavy atom. The van der Waals surface area contributed by atoms with Gasteiger partial charge in [-0.25, -0.2) is 9.59 Å². The molecule has 4 amide bonds. The fourth-order valence-electron chi connectivity index (χ4n) is 8.04. The molecule has 0 aromatic heterocycles. The van der Waals surface area contributed by atoms with Crippen molar-refractivity contribution >= 4 is 47.1 Å². The predicted molar refractivity (Wildman–Crippen MR) is 340 cm³/mol. The Kier molecular flexibility index (Phi) is 32.2. The summed E-state index contributed by atoms with van der Waals surface area (Å²) >= 11 is 0. The van der Waals surface area contributed by atoms with Gasteiger partial charge in [0.25, 0.3) is 11.8 Å². The molecule has 0 fully saturated rings. The second kappa shape index (κ2) is 38.8. The molecule has 3 heterocycles. The van der Waals surface area contributed by atoms with Gasteiger partial charge in [-0.05, 0) is 86.5 Å². The van der Waals surface area contributed by atoms with Gasteiger partial charge >= 0.3 is 12.1 Å². The lowest BCUT2D eigenvalue weighted by Crippen LogP contribution is -2.36. The van der Waals surface area contributed by atoms with E-state index in [1.807, 2.05) is 69.3 Å². The first kappa shape index (κ1) is 73.1. The second-order valence-electron chi connectivity index (χ2n) is 21.2. The SMILES string of the molecule is CC(C)(C)OC(=O)NCCN.CC/C=C\C/C=C\C/C=C\C/C=C\C/C=C\C/C=C\CCC(=O)NCCNC(=O)C1=CC(=O)C(C)(c2ccccc2)O1.CC1(c2ccccc2)OC(C(=O)NCCN)=CC1=O.CC1(c2ccccc2)OC(C(=O)O)=CC1=O. The van der Waals surface area contributed by atoms with Gasteiger partial charge in [0, 0.05) is 80.6 Å². The predicted octanol–water partition coefficient (Wildman–Crippen LogP) is 9.49. The van der Waals surface area contributed by atoms with Crippen LogP contribution in [0.4, 0.5) is 4.79 Å². The van der Waals surface area contributed by atoms with Gasteiger partial charge in [0.05, 0.1) is 0 Å². The number of hydrogen-bond donors (Lipinski definition) is 7. The molecule has 3 aromatic rings. The van der Waals surface area contributed by atoms with E-state index in [0.29, 0.717) is 56.7 Å². The molecule has 0 bridgehead atoms. The van der Waals surface area contributed by atoms with E-state index in [1.54, 1.807) is 69.3 Å². The lowest BCUT2D eigenvalue weighted by Gasteiger charge is -2.24. The number of benzene rings is 3. The van der Waals surface area contributed by atoms with Crippen LogP contribution in [0, 0.1) is 0 Å². The Labute approximate surface area is 517 Å². The quantitative estimate of drug-likeness (QED) is 0.0276. The van der Waals surface area contributed by atoms with Crippen LogP contribution >= 0.6 is 0 Å². The van der Waals surface area contributed by atoms with Crippen molar-refractivity contribution in [3.8, 4) is 0 Å². The number of nitrogens with two attached hydrogens (primary N) is 2. The molecule has 88 heavy (non-hydrogen) atoms. The summed E-state index contributed by atoms with van der Waals surface area (Å²) in [6.45, 7) is 14.6. The fraction of sp³-hybridized carbons (Fsp3) is 0.362. The standard InChI is InChI=1S/C36H46N2O4.C14H16N2O3.C12H10O4.C7H16N2O2/c1-3-4-5-6-7-8-9-10-11-12-13-14-15-16-17-18-19-20-24-27-34(40)37-28-29-38-35(41)32-30-33(39)36(2,42-32)31-25-22-21-23-26-31;1-14(10-5-3-2-4-6-10)12(17)9-11(19-14)13(18)16-8-7-15;1-12(8-5-3-2-4-6-8)10(13)7-9(16-12)11(14)15;1-7(2,3)11-6(10)9-5-4-8/h4-5,7-8,10-11,13-14,16-17,19-23,25-26,30H,3,6,9,12,15,18,24,27-29H2,1-2H3,(H,37,40)(H,38,41);2-6,9H,7-8,15H2,1H3,(H,16,18);2-7H,1H3,(H,14,15);4-5,8H2,1-3H3,(H,9,10)/b5-4-,8-7-,11-10-,14-13-,17-16-,20-19-;;;. The number of carboxylic acids is 1. The maximum atomic E-state index is 12.5. The normalized spacial score (nSPS) is 18.7. The zero-order valence-corrected chi connectivity index (χ0v) is 51.7. The Balaban J connectivity index is 0.000000358. The Hall–Kier alpha value is -9.20. The highest BCUT2D eigenvalue weighted by Gasteiger charge is 2.45. The molecule has 3 unspecified atom stereocenters. The highest BCUT2D eigenvalue weighted by molar-refractivity contribution is 6.08. The molecule has 0 spiro atoms. The monoisotopic (exact) mass is 1210 g/mol. The summed E-state index contributed by atoms with van der Waals surface area (Å²) in [5.74, 6) is -3.36. The first-order valence-electron chi connectivity index (χ1n) is 29.4. The number of allylic oxidation sites excluding steroid dienone is 12. The van der Waals surface area contributed by atoms with E-state index in [-0.39, 0.29) is 47.1 Å². The van der Waals surface area contributed by atoms with Gasteiger partial charge in [-0.1, -0.05) is 171 Å². The van der Waals surface area contributed by atoms with Crippen molar-refractivity contribution in [1.29, 1.82) is 0 Å². The zero-order valence-electron chi connectivity index (χ0n) is 51.7. The highest BCUT2D eigenvalue weighted by atomic mass is 16.6. The number of ether oxygens (including phenoxy) is 4. The van der Waals surface area contributed by atoms with Crippen molar-refractivity contribution in [2.24, 2.45) is 11.5 Å². The largest absolute Gasteiger partial charge is 0.475 e. The van der Waals surface area contributed by atoms with Crippen molar-refractivity contribution < 1.29 is 62.4 Å². The maximum absolute atomic E-state index is 12.5. The van der Waals surface area contributed by atoms with Crippen LogP contribution in [0.2, 0.25) is 0 Å². The number of carbonyl (C=O) groups excluding carboxylic acids is 7. The van der Waals surface area contributed by atoms with Crippen LogP contribution in [-0.2, 0) is 69.3 Å². The lowest BCUT2D eigenvalue weighted by atomic mass is 9.92. The molecule has 19 heteroatoms. The molecule has 9 N–H and O–H groups in total. The minimum Gasteiger partial charge on any atom is -0.475 e. The Morgan fingerprint density at radius 3 is 1.17 bits per heavy atom. The fourth-order valence-corrected chi connectivity index (χ4v) is 8.04. The van der Waals surface area contributed by atoms with E-state index in [4.69, 9.17) is 35.5 Å². The number of aliphatic carboxylic acids is 1. The molecule has 0 saturated carbocycles. The lowest BCUT2D eigenvalue weighted by molar-refractivity contribution is -0.141. The number of ketones is 3. The van der Waals surface area contributed by atoms with E-state index >= 15 is 0 Å². The van der Waals surface area contributed by atoms with Gasteiger partial charge < -0.3 is 56.8 Å². The van der Waals surface area contributed by atoms with Gasteiger partial charge in [0.2, 0.25) is 29.0 Å². The van der Waals surface area contributed by atoms with Gasteiger partial charge in [-0.3, -0.25) is 28.8 Å². The highest BCUT2D eigenvalue weighted by Crippen LogP contribution is 2.37. The van der Waals surface area contributed by atoms with Gasteiger partial charge in [-0.15, -0.1) is 0 Å². The third kappa shape index (κ3) is 25.8. The van der Waals surface area contributed by atoms with Crippen LogP contribution in [0.5, 0.6) is 0 Å². The average Bonchev–Trinajstić information content (AvgIpc) is 3.32. The molecule has 6 rings (SSSR count). The summed E-state index contributed by atoms with van der Waals surface area (Å²) in [6.07, 6.45) is 35.7. The molecule has 0 aliphatic carbocycles. The zero-order chi connectivity index (χ0) is 64.9. The third-order valence-corrected chi connectivity index (χ3v) is 12.9. The first-order chi connectivity index (χ1) is 42.0.